The van der Waals surface area contributed by atoms with Crippen LogP contribution in [0.25, 0.3) is 5.82 Å². The molecule has 0 unspecified atom stereocenters. The minimum atomic E-state index is -3.53. The summed E-state index contributed by atoms with van der Waals surface area (Å²) >= 11 is 0. The zero-order valence-electron chi connectivity index (χ0n) is 17.1. The van der Waals surface area contributed by atoms with Crippen LogP contribution in [0, 0.1) is 13.8 Å². The van der Waals surface area contributed by atoms with Gasteiger partial charge < -0.3 is 4.74 Å². The first-order chi connectivity index (χ1) is 14.9. The van der Waals surface area contributed by atoms with Crippen LogP contribution in [0.5, 0.6) is 11.6 Å². The normalized spacial score (nSPS) is 11.3. The van der Waals surface area contributed by atoms with Crippen LogP contribution in [0.1, 0.15) is 16.8 Å². The number of rotatable bonds is 7. The molecule has 0 spiro atoms. The summed E-state index contributed by atoms with van der Waals surface area (Å²) in [5.74, 6) is 1.32. The number of sulfonamides is 1. The maximum Gasteiger partial charge on any atom is 0.238 e. The third kappa shape index (κ3) is 5.46. The van der Waals surface area contributed by atoms with Gasteiger partial charge in [0.05, 0.1) is 11.4 Å². The summed E-state index contributed by atoms with van der Waals surface area (Å²) in [6, 6.07) is 19.3. The number of nitrogens with zero attached hydrogens (tertiary/aromatic N) is 4. The van der Waals surface area contributed by atoms with Gasteiger partial charge in [0.25, 0.3) is 0 Å². The van der Waals surface area contributed by atoms with Gasteiger partial charge in [-0.05, 0) is 55.8 Å². The Morgan fingerprint density at radius 3 is 2.42 bits per heavy atom. The average molecular weight is 436 g/mol. The van der Waals surface area contributed by atoms with Crippen LogP contribution in [0.3, 0.4) is 0 Å². The number of nitrogens with one attached hydrogen (secondary N) is 1. The van der Waals surface area contributed by atoms with Gasteiger partial charge in [-0.1, -0.05) is 29.8 Å². The van der Waals surface area contributed by atoms with Crippen molar-refractivity contribution >= 4 is 15.7 Å². The lowest BCUT2D eigenvalue weighted by Crippen LogP contribution is -2.15. The van der Waals surface area contributed by atoms with Crippen molar-refractivity contribution < 1.29 is 13.2 Å². The molecule has 0 atom stereocenters. The zero-order valence-corrected chi connectivity index (χ0v) is 17.9. The maximum absolute atomic E-state index is 12.4. The van der Waals surface area contributed by atoms with E-state index in [0.29, 0.717) is 23.1 Å². The van der Waals surface area contributed by atoms with Gasteiger partial charge in [-0.3, -0.25) is 4.72 Å². The van der Waals surface area contributed by atoms with E-state index in [1.165, 1.54) is 0 Å². The number of benzene rings is 2. The second-order valence-electron chi connectivity index (χ2n) is 7.11. The molecule has 0 radical (unpaired) electrons. The molecule has 0 bridgehead atoms. The number of anilines is 1. The third-order valence-electron chi connectivity index (χ3n) is 4.37. The molecule has 0 saturated carbocycles. The second kappa shape index (κ2) is 8.57. The molecule has 158 valence electrons. The molecule has 2 aromatic carbocycles. The van der Waals surface area contributed by atoms with Gasteiger partial charge in [-0.25, -0.2) is 13.1 Å². The van der Waals surface area contributed by atoms with Crippen molar-refractivity contribution in [2.75, 3.05) is 4.72 Å². The van der Waals surface area contributed by atoms with Gasteiger partial charge in [-0.2, -0.15) is 5.10 Å². The minimum absolute atomic E-state index is 0.0926. The van der Waals surface area contributed by atoms with Crippen LogP contribution in [-0.4, -0.2) is 28.4 Å². The molecule has 1 N–H and O–H groups in total. The largest absolute Gasteiger partial charge is 0.438 e. The molecule has 4 rings (SSSR count). The van der Waals surface area contributed by atoms with E-state index in [1.54, 1.807) is 53.3 Å². The topological polar surface area (TPSA) is 99.0 Å². The molecule has 0 amide bonds. The Kier molecular flexibility index (Phi) is 5.68. The summed E-state index contributed by atoms with van der Waals surface area (Å²) in [7, 11) is -3.53. The monoisotopic (exact) mass is 435 g/mol. The summed E-state index contributed by atoms with van der Waals surface area (Å²) in [5, 5.41) is 12.4. The molecule has 2 heterocycles. The smallest absolute Gasteiger partial charge is 0.238 e. The van der Waals surface area contributed by atoms with Crippen molar-refractivity contribution in [3.05, 3.63) is 89.7 Å². The molecular formula is C22H21N5O3S. The highest BCUT2D eigenvalue weighted by atomic mass is 32.2. The average Bonchev–Trinajstić information content (AvgIpc) is 3.16. The summed E-state index contributed by atoms with van der Waals surface area (Å²) < 4.78 is 34.8. The van der Waals surface area contributed by atoms with Crippen LogP contribution in [-0.2, 0) is 15.8 Å². The van der Waals surface area contributed by atoms with Crippen molar-refractivity contribution in [3.63, 3.8) is 0 Å². The number of ether oxygens (including phenoxy) is 1. The van der Waals surface area contributed by atoms with E-state index < -0.39 is 10.0 Å². The fourth-order valence-electron chi connectivity index (χ4n) is 2.98. The van der Waals surface area contributed by atoms with Crippen LogP contribution in [0.4, 0.5) is 5.69 Å². The van der Waals surface area contributed by atoms with E-state index in [4.69, 9.17) is 4.74 Å². The molecule has 2 aromatic heterocycles. The van der Waals surface area contributed by atoms with Gasteiger partial charge >= 0.3 is 0 Å². The highest BCUT2D eigenvalue weighted by Gasteiger charge is 2.12. The summed E-state index contributed by atoms with van der Waals surface area (Å²) in [6.45, 7) is 3.83. The minimum Gasteiger partial charge on any atom is -0.438 e. The molecule has 0 fully saturated rings. The van der Waals surface area contributed by atoms with Gasteiger partial charge in [0.1, 0.15) is 5.75 Å². The first-order valence-corrected chi connectivity index (χ1v) is 11.2. The summed E-state index contributed by atoms with van der Waals surface area (Å²) in [4.78, 5) is 0. The first kappa shape index (κ1) is 20.5. The van der Waals surface area contributed by atoms with E-state index in [2.05, 4.69) is 20.0 Å². The number of hydrogen-bond acceptors (Lipinski definition) is 6. The molecule has 31 heavy (non-hydrogen) atoms. The SMILES string of the molecule is Cc1cccc(CS(=O)(=O)Nc2ccc(Oc3ccc(-n4ccc(C)n4)nn3)cc2)c1. The summed E-state index contributed by atoms with van der Waals surface area (Å²) in [5.41, 5.74) is 3.09. The highest BCUT2D eigenvalue weighted by Crippen LogP contribution is 2.22. The fourth-order valence-corrected chi connectivity index (χ4v) is 4.17. The molecule has 0 saturated heterocycles. The Labute approximate surface area is 180 Å². The predicted molar refractivity (Wildman–Crippen MR) is 118 cm³/mol. The number of aryl methyl sites for hydroxylation is 2. The lowest BCUT2D eigenvalue weighted by atomic mass is 10.2. The Hall–Kier alpha value is -3.72. The third-order valence-corrected chi connectivity index (χ3v) is 5.63. The molecular weight excluding hydrogens is 414 g/mol. The van der Waals surface area contributed by atoms with Gasteiger partial charge in [0, 0.05) is 18.0 Å². The lowest BCUT2D eigenvalue weighted by Gasteiger charge is -2.10. The quantitative estimate of drug-likeness (QED) is 0.471. The highest BCUT2D eigenvalue weighted by molar-refractivity contribution is 7.91. The van der Waals surface area contributed by atoms with Crippen LogP contribution in [0.15, 0.2) is 72.9 Å². The van der Waals surface area contributed by atoms with Crippen LogP contribution < -0.4 is 9.46 Å². The van der Waals surface area contributed by atoms with Crippen molar-refractivity contribution in [2.24, 2.45) is 0 Å². The molecule has 4 aromatic rings. The van der Waals surface area contributed by atoms with Crippen LogP contribution >= 0.6 is 0 Å². The molecule has 9 heteroatoms. The van der Waals surface area contributed by atoms with Crippen molar-refractivity contribution in [1.82, 2.24) is 20.0 Å². The predicted octanol–water partition coefficient (Wildman–Crippen LogP) is 4.01. The Balaban J connectivity index is 1.39. The van der Waals surface area contributed by atoms with E-state index in [1.807, 2.05) is 38.1 Å². The first-order valence-electron chi connectivity index (χ1n) is 9.57. The molecule has 8 nitrogen and oxygen atoms in total. The molecule has 0 aliphatic rings. The van der Waals surface area contributed by atoms with E-state index in [9.17, 15) is 8.42 Å². The number of aromatic nitrogens is 4. The Morgan fingerprint density at radius 1 is 0.968 bits per heavy atom. The Bertz CT molecular complexity index is 1280. The second-order valence-corrected chi connectivity index (χ2v) is 8.83. The molecule has 0 aliphatic heterocycles. The van der Waals surface area contributed by atoms with E-state index in [0.717, 1.165) is 16.8 Å². The maximum atomic E-state index is 12.4. The van der Waals surface area contributed by atoms with Gasteiger partial charge in [0.2, 0.25) is 15.9 Å². The van der Waals surface area contributed by atoms with Gasteiger partial charge in [0.15, 0.2) is 5.82 Å². The molecule has 0 aliphatic carbocycles. The van der Waals surface area contributed by atoms with Crippen molar-refractivity contribution in [2.45, 2.75) is 19.6 Å². The standard InChI is InChI=1S/C22H21N5O3S/c1-16-4-3-5-18(14-16)15-31(28,29)26-19-6-8-20(9-7-19)30-22-11-10-21(23-24-22)27-13-12-17(2)25-27/h3-14,26H,15H2,1-2H3. The van der Waals surface area contributed by atoms with E-state index >= 15 is 0 Å². The Morgan fingerprint density at radius 2 is 1.77 bits per heavy atom. The zero-order chi connectivity index (χ0) is 21.8. The van der Waals surface area contributed by atoms with E-state index in [-0.39, 0.29) is 5.75 Å². The fraction of sp³-hybridized carbons (Fsp3) is 0.136. The van der Waals surface area contributed by atoms with Crippen LogP contribution in [0.2, 0.25) is 0 Å². The lowest BCUT2D eigenvalue weighted by molar-refractivity contribution is 0.454. The van der Waals surface area contributed by atoms with Crippen molar-refractivity contribution in [3.8, 4) is 17.4 Å². The van der Waals surface area contributed by atoms with Crippen molar-refractivity contribution in [1.29, 1.82) is 0 Å². The number of hydrogen-bond donors (Lipinski definition) is 1. The summed E-state index contributed by atoms with van der Waals surface area (Å²) in [6.07, 6.45) is 1.80. The van der Waals surface area contributed by atoms with Gasteiger partial charge in [-0.15, -0.1) is 10.2 Å².